The zero-order valence-electron chi connectivity index (χ0n) is 14.1. The Hall–Kier alpha value is -1.56. The smallest absolute Gasteiger partial charge is 0.222 e. The molecular formula is C17H26N2O3S. The molecule has 1 fully saturated rings. The van der Waals surface area contributed by atoms with Crippen LogP contribution in [0.5, 0.6) is 0 Å². The van der Waals surface area contributed by atoms with E-state index in [4.69, 9.17) is 0 Å². The van der Waals surface area contributed by atoms with Gasteiger partial charge in [0.15, 0.2) is 9.84 Å². The number of carbonyl (C=O) groups is 1. The molecule has 2 rings (SSSR count). The molecule has 1 saturated heterocycles. The van der Waals surface area contributed by atoms with Crippen molar-refractivity contribution in [3.63, 3.8) is 0 Å². The van der Waals surface area contributed by atoms with Gasteiger partial charge in [0.25, 0.3) is 0 Å². The number of nitrogens with zero attached hydrogens (tertiary/aromatic N) is 1. The van der Waals surface area contributed by atoms with Crippen LogP contribution in [0.15, 0.2) is 29.2 Å². The van der Waals surface area contributed by atoms with Gasteiger partial charge in [0.1, 0.15) is 0 Å². The highest BCUT2D eigenvalue weighted by Gasteiger charge is 2.23. The van der Waals surface area contributed by atoms with E-state index in [0.717, 1.165) is 31.6 Å². The molecule has 1 aromatic rings. The number of hydrogen-bond acceptors (Lipinski definition) is 4. The van der Waals surface area contributed by atoms with Crippen LogP contribution in [0.2, 0.25) is 0 Å². The lowest BCUT2D eigenvalue weighted by Crippen LogP contribution is -2.48. The second kappa shape index (κ2) is 7.34. The van der Waals surface area contributed by atoms with E-state index >= 15 is 0 Å². The lowest BCUT2D eigenvalue weighted by atomic mass is 10.0. The highest BCUT2D eigenvalue weighted by Crippen LogP contribution is 2.22. The number of piperidine rings is 1. The number of rotatable bonds is 5. The minimum atomic E-state index is -3.16. The van der Waals surface area contributed by atoms with E-state index in [1.807, 2.05) is 26.0 Å². The first-order valence-corrected chi connectivity index (χ1v) is 9.87. The molecular weight excluding hydrogens is 312 g/mol. The van der Waals surface area contributed by atoms with E-state index in [9.17, 15) is 13.2 Å². The SMILES string of the molecule is CCS(=O)(=O)c1ccc(N2CCC[C@@H](NC(=O)C(C)C)C2)cc1. The van der Waals surface area contributed by atoms with E-state index in [0.29, 0.717) is 4.90 Å². The van der Waals surface area contributed by atoms with Crippen LogP contribution in [0.4, 0.5) is 5.69 Å². The molecule has 0 bridgehead atoms. The van der Waals surface area contributed by atoms with Gasteiger partial charge < -0.3 is 10.2 Å². The van der Waals surface area contributed by atoms with Crippen LogP contribution < -0.4 is 10.2 Å². The van der Waals surface area contributed by atoms with E-state index in [2.05, 4.69) is 10.2 Å². The van der Waals surface area contributed by atoms with Crippen molar-refractivity contribution < 1.29 is 13.2 Å². The Bertz CT molecular complexity index is 638. The second-order valence-electron chi connectivity index (χ2n) is 6.35. The minimum absolute atomic E-state index is 0.0103. The van der Waals surface area contributed by atoms with Gasteiger partial charge >= 0.3 is 0 Å². The summed E-state index contributed by atoms with van der Waals surface area (Å²) in [4.78, 5) is 14.4. The van der Waals surface area contributed by atoms with Gasteiger partial charge in [-0.25, -0.2) is 8.42 Å². The fourth-order valence-corrected chi connectivity index (χ4v) is 3.61. The summed E-state index contributed by atoms with van der Waals surface area (Å²) in [5.41, 5.74) is 1.00. The van der Waals surface area contributed by atoms with Crippen molar-refractivity contribution in [2.45, 2.75) is 44.6 Å². The first kappa shape index (κ1) is 17.8. The number of sulfone groups is 1. The summed E-state index contributed by atoms with van der Waals surface area (Å²) in [6.07, 6.45) is 2.00. The van der Waals surface area contributed by atoms with Crippen LogP contribution in [0.25, 0.3) is 0 Å². The van der Waals surface area contributed by atoms with Gasteiger partial charge in [-0.05, 0) is 37.1 Å². The summed E-state index contributed by atoms with van der Waals surface area (Å²) in [5, 5.41) is 3.09. The molecule has 0 saturated carbocycles. The summed E-state index contributed by atoms with van der Waals surface area (Å²) in [6.45, 7) is 7.12. The Balaban J connectivity index is 2.05. The molecule has 1 aliphatic rings. The van der Waals surface area contributed by atoms with Crippen molar-refractivity contribution in [3.05, 3.63) is 24.3 Å². The van der Waals surface area contributed by atoms with Crippen molar-refractivity contribution in [3.8, 4) is 0 Å². The zero-order valence-corrected chi connectivity index (χ0v) is 14.9. The molecule has 1 aliphatic heterocycles. The lowest BCUT2D eigenvalue weighted by Gasteiger charge is -2.35. The van der Waals surface area contributed by atoms with Crippen LogP contribution >= 0.6 is 0 Å². The Kier molecular flexibility index (Phi) is 5.68. The normalized spacial score (nSPS) is 19.0. The van der Waals surface area contributed by atoms with Crippen LogP contribution in [0.1, 0.15) is 33.6 Å². The van der Waals surface area contributed by atoms with Gasteiger partial charge in [0, 0.05) is 30.7 Å². The third-order valence-corrected chi connectivity index (χ3v) is 5.98. The third-order valence-electron chi connectivity index (χ3n) is 4.23. The number of carbonyl (C=O) groups excluding carboxylic acids is 1. The number of amides is 1. The Morgan fingerprint density at radius 2 is 1.96 bits per heavy atom. The van der Waals surface area contributed by atoms with Gasteiger partial charge in [0.2, 0.25) is 5.91 Å². The van der Waals surface area contributed by atoms with Crippen molar-refractivity contribution in [1.29, 1.82) is 0 Å². The number of hydrogen-bond donors (Lipinski definition) is 1. The molecule has 1 N–H and O–H groups in total. The Morgan fingerprint density at radius 1 is 1.30 bits per heavy atom. The minimum Gasteiger partial charge on any atom is -0.369 e. The van der Waals surface area contributed by atoms with E-state index in [1.165, 1.54) is 0 Å². The van der Waals surface area contributed by atoms with E-state index in [-0.39, 0.29) is 23.6 Å². The van der Waals surface area contributed by atoms with Crippen molar-refractivity contribution in [2.75, 3.05) is 23.7 Å². The third kappa shape index (κ3) is 4.47. The number of anilines is 1. The molecule has 1 aromatic carbocycles. The quantitative estimate of drug-likeness (QED) is 0.894. The van der Waals surface area contributed by atoms with Crippen molar-refractivity contribution in [2.24, 2.45) is 5.92 Å². The largest absolute Gasteiger partial charge is 0.369 e. The molecule has 128 valence electrons. The van der Waals surface area contributed by atoms with Crippen LogP contribution in [-0.4, -0.2) is 39.2 Å². The second-order valence-corrected chi connectivity index (χ2v) is 8.62. The maximum atomic E-state index is 11.9. The molecule has 6 heteroatoms. The molecule has 0 spiro atoms. The van der Waals surface area contributed by atoms with Gasteiger partial charge in [-0.15, -0.1) is 0 Å². The molecule has 23 heavy (non-hydrogen) atoms. The zero-order chi connectivity index (χ0) is 17.0. The average Bonchev–Trinajstić information content (AvgIpc) is 2.55. The van der Waals surface area contributed by atoms with Gasteiger partial charge in [-0.2, -0.15) is 0 Å². The summed E-state index contributed by atoms with van der Waals surface area (Å²) < 4.78 is 23.7. The van der Waals surface area contributed by atoms with Crippen molar-refractivity contribution >= 4 is 21.4 Å². The number of benzene rings is 1. The summed E-state index contributed by atoms with van der Waals surface area (Å²) >= 11 is 0. The topological polar surface area (TPSA) is 66.5 Å². The Labute approximate surface area is 139 Å². The fraction of sp³-hybridized carbons (Fsp3) is 0.588. The van der Waals surface area contributed by atoms with Crippen LogP contribution in [-0.2, 0) is 14.6 Å². The molecule has 5 nitrogen and oxygen atoms in total. The predicted octanol–water partition coefficient (Wildman–Crippen LogP) is 2.22. The average molecular weight is 338 g/mol. The lowest BCUT2D eigenvalue weighted by molar-refractivity contribution is -0.124. The van der Waals surface area contributed by atoms with Gasteiger partial charge in [-0.1, -0.05) is 20.8 Å². The van der Waals surface area contributed by atoms with Gasteiger partial charge in [0.05, 0.1) is 10.6 Å². The fourth-order valence-electron chi connectivity index (χ4n) is 2.73. The maximum Gasteiger partial charge on any atom is 0.222 e. The molecule has 0 aliphatic carbocycles. The summed E-state index contributed by atoms with van der Waals surface area (Å²) in [6, 6.07) is 7.21. The predicted molar refractivity (Wildman–Crippen MR) is 92.4 cm³/mol. The molecule has 1 atom stereocenters. The number of nitrogens with one attached hydrogen (secondary N) is 1. The molecule has 1 amide bonds. The first-order chi connectivity index (χ1) is 10.8. The van der Waals surface area contributed by atoms with E-state index < -0.39 is 9.84 Å². The first-order valence-electron chi connectivity index (χ1n) is 8.21. The van der Waals surface area contributed by atoms with Crippen LogP contribution in [0.3, 0.4) is 0 Å². The monoisotopic (exact) mass is 338 g/mol. The van der Waals surface area contributed by atoms with Gasteiger partial charge in [-0.3, -0.25) is 4.79 Å². The van der Waals surface area contributed by atoms with Crippen molar-refractivity contribution in [1.82, 2.24) is 5.32 Å². The molecule has 0 aromatic heterocycles. The van der Waals surface area contributed by atoms with E-state index in [1.54, 1.807) is 19.1 Å². The summed E-state index contributed by atoms with van der Waals surface area (Å²) in [7, 11) is -3.16. The standard InChI is InChI=1S/C17H26N2O3S/c1-4-23(21,22)16-9-7-15(8-10-16)19-11-5-6-14(12-19)18-17(20)13(2)3/h7-10,13-14H,4-6,11-12H2,1-3H3,(H,18,20)/t14-/m1/s1. The van der Waals surface area contributed by atoms with Crippen LogP contribution in [0, 0.1) is 5.92 Å². The Morgan fingerprint density at radius 3 is 2.52 bits per heavy atom. The highest BCUT2D eigenvalue weighted by molar-refractivity contribution is 7.91. The maximum absolute atomic E-state index is 11.9. The molecule has 0 radical (unpaired) electrons. The highest BCUT2D eigenvalue weighted by atomic mass is 32.2. The molecule has 1 heterocycles. The molecule has 0 unspecified atom stereocenters. The summed E-state index contributed by atoms with van der Waals surface area (Å²) in [5.74, 6) is 0.185.